The van der Waals surface area contributed by atoms with Gasteiger partial charge in [-0.3, -0.25) is 0 Å². The van der Waals surface area contributed by atoms with Gasteiger partial charge in [-0.05, 0) is 19.6 Å². The molecule has 0 amide bonds. The molecule has 0 aromatic heterocycles. The molecule has 0 aromatic carbocycles. The largest absolute Gasteiger partial charge is 0.543 e. The average molecular weight is 231 g/mol. The molecule has 0 atom stereocenters. The predicted octanol–water partition coefficient (Wildman–Crippen LogP) is 1.53. The van der Waals surface area contributed by atoms with Gasteiger partial charge in [0.1, 0.15) is 12.9 Å². The first-order chi connectivity index (χ1) is 6.81. The van der Waals surface area contributed by atoms with Crippen molar-refractivity contribution in [1.82, 2.24) is 0 Å². The van der Waals surface area contributed by atoms with Crippen LogP contribution in [0.25, 0.3) is 0 Å². The van der Waals surface area contributed by atoms with Gasteiger partial charge < -0.3 is 14.0 Å². The molecular weight excluding hydrogens is 214 g/mol. The van der Waals surface area contributed by atoms with Gasteiger partial charge in [-0.1, -0.05) is 11.7 Å². The third-order valence-electron chi connectivity index (χ3n) is 1.25. The van der Waals surface area contributed by atoms with E-state index in [4.69, 9.17) is 4.43 Å². The molecule has 0 spiro atoms. The van der Waals surface area contributed by atoms with E-state index in [-0.39, 0.29) is 11.5 Å². The number of hydrogen-bond donors (Lipinski definition) is 0. The molecule has 0 N–H and O–H groups in total. The molecule has 0 radical (unpaired) electrons. The smallest absolute Gasteiger partial charge is 0.363 e. The van der Waals surface area contributed by atoms with Crippen molar-refractivity contribution in [2.24, 2.45) is 5.16 Å². The number of esters is 1. The molecule has 0 aromatic rings. The Bertz CT molecular complexity index is 280. The van der Waals surface area contributed by atoms with Crippen LogP contribution in [0.1, 0.15) is 0 Å². The molecule has 0 saturated heterocycles. The van der Waals surface area contributed by atoms with Gasteiger partial charge in [-0.2, -0.15) is 0 Å². The lowest BCUT2D eigenvalue weighted by atomic mass is 10.3. The lowest BCUT2D eigenvalue weighted by molar-refractivity contribution is -0.132. The minimum absolute atomic E-state index is 0.0394. The second-order valence-corrected chi connectivity index (χ2v) is 8.18. The van der Waals surface area contributed by atoms with Crippen molar-refractivity contribution in [2.45, 2.75) is 19.6 Å². The van der Waals surface area contributed by atoms with Crippen molar-refractivity contribution in [2.75, 3.05) is 14.2 Å². The highest BCUT2D eigenvalue weighted by molar-refractivity contribution is 6.70. The number of methoxy groups -OCH3 is 1. The van der Waals surface area contributed by atoms with Gasteiger partial charge in [-0.15, -0.1) is 0 Å². The maximum Gasteiger partial charge on any atom is 0.363 e. The summed E-state index contributed by atoms with van der Waals surface area (Å²) in [7, 11) is 0.783. The van der Waals surface area contributed by atoms with Crippen molar-refractivity contribution < 1.29 is 18.8 Å². The van der Waals surface area contributed by atoms with Gasteiger partial charge in [0.25, 0.3) is 0 Å². The topological polar surface area (TPSA) is 57.1 Å². The molecule has 0 aliphatic carbocycles. The van der Waals surface area contributed by atoms with Gasteiger partial charge in [0.15, 0.2) is 0 Å². The molecule has 0 saturated carbocycles. The first kappa shape index (κ1) is 13.7. The maximum absolute atomic E-state index is 11.3. The molecule has 0 rings (SSSR count). The fourth-order valence-electron chi connectivity index (χ4n) is 0.808. The summed E-state index contributed by atoms with van der Waals surface area (Å²) in [6.45, 7) is 9.55. The molecule has 0 aliphatic heterocycles. The molecule has 5 nitrogen and oxygen atoms in total. The van der Waals surface area contributed by atoms with E-state index in [1.54, 1.807) is 0 Å². The highest BCUT2D eigenvalue weighted by Gasteiger charge is 2.24. The summed E-state index contributed by atoms with van der Waals surface area (Å²) in [6.07, 6.45) is 0. The third-order valence-corrected chi connectivity index (χ3v) is 2.11. The summed E-state index contributed by atoms with van der Waals surface area (Å²) < 4.78 is 10.0. The van der Waals surface area contributed by atoms with Crippen LogP contribution in [-0.2, 0) is 18.8 Å². The first-order valence-corrected chi connectivity index (χ1v) is 7.80. The van der Waals surface area contributed by atoms with E-state index >= 15 is 0 Å². The Labute approximate surface area is 90.8 Å². The monoisotopic (exact) mass is 231 g/mol. The summed E-state index contributed by atoms with van der Waals surface area (Å²) in [5.41, 5.74) is -0.0394. The second-order valence-electron chi connectivity index (χ2n) is 3.75. The Morgan fingerprint density at radius 3 is 2.13 bits per heavy atom. The quantitative estimate of drug-likeness (QED) is 0.237. The number of nitrogens with zero attached hydrogens (tertiary/aromatic N) is 1. The number of carbonyl (C=O) groups excluding carboxylic acids is 1. The molecule has 0 fully saturated rings. The van der Waals surface area contributed by atoms with Crippen LogP contribution in [0.15, 0.2) is 17.5 Å². The van der Waals surface area contributed by atoms with Gasteiger partial charge >= 0.3 is 5.97 Å². The summed E-state index contributed by atoms with van der Waals surface area (Å²) in [4.78, 5) is 15.8. The van der Waals surface area contributed by atoms with E-state index in [2.05, 4.69) is 21.3 Å². The standard InChI is InChI=1S/C9H17NO4Si/c1-7(14-15(4,5)6)8(10-13-3)9(11)12-2/h1H2,2-6H3. The van der Waals surface area contributed by atoms with Gasteiger partial charge in [0.05, 0.1) is 7.11 Å². The van der Waals surface area contributed by atoms with E-state index in [9.17, 15) is 4.79 Å². The van der Waals surface area contributed by atoms with Crippen LogP contribution in [0.3, 0.4) is 0 Å². The number of oxime groups is 1. The first-order valence-electron chi connectivity index (χ1n) is 4.39. The summed E-state index contributed by atoms with van der Waals surface area (Å²) in [5, 5.41) is 3.52. The minimum atomic E-state index is -1.81. The SMILES string of the molecule is C=C(O[Si](C)(C)C)C(=NOC)C(=O)OC. The lowest BCUT2D eigenvalue weighted by Crippen LogP contribution is -2.30. The number of carbonyl (C=O) groups is 1. The van der Waals surface area contributed by atoms with Crippen LogP contribution in [-0.4, -0.2) is 34.2 Å². The highest BCUT2D eigenvalue weighted by Crippen LogP contribution is 2.11. The van der Waals surface area contributed by atoms with Gasteiger partial charge in [-0.25, -0.2) is 4.79 Å². The molecule has 0 aliphatic rings. The number of hydrogen-bond acceptors (Lipinski definition) is 5. The summed E-state index contributed by atoms with van der Waals surface area (Å²) in [5.74, 6) is -0.442. The Morgan fingerprint density at radius 1 is 1.27 bits per heavy atom. The predicted molar refractivity (Wildman–Crippen MR) is 60.0 cm³/mol. The second kappa shape index (κ2) is 5.55. The molecule has 15 heavy (non-hydrogen) atoms. The Kier molecular flexibility index (Phi) is 5.06. The Morgan fingerprint density at radius 2 is 1.80 bits per heavy atom. The minimum Gasteiger partial charge on any atom is -0.543 e. The zero-order valence-electron chi connectivity index (χ0n) is 9.79. The maximum atomic E-state index is 11.3. The Balaban J connectivity index is 4.74. The third kappa shape index (κ3) is 5.21. The van der Waals surface area contributed by atoms with Crippen molar-refractivity contribution >= 4 is 20.0 Å². The van der Waals surface area contributed by atoms with E-state index in [1.807, 2.05) is 19.6 Å². The van der Waals surface area contributed by atoms with Crippen molar-refractivity contribution in [1.29, 1.82) is 0 Å². The van der Waals surface area contributed by atoms with Crippen molar-refractivity contribution in [3.05, 3.63) is 12.3 Å². The van der Waals surface area contributed by atoms with Crippen molar-refractivity contribution in [3.63, 3.8) is 0 Å². The number of ether oxygens (including phenoxy) is 1. The van der Waals surface area contributed by atoms with Crippen molar-refractivity contribution in [3.8, 4) is 0 Å². The van der Waals surface area contributed by atoms with Crippen LogP contribution in [0.2, 0.25) is 19.6 Å². The highest BCUT2D eigenvalue weighted by atomic mass is 28.4. The molecular formula is C9H17NO4Si. The average Bonchev–Trinajstić information content (AvgIpc) is 2.10. The summed E-state index contributed by atoms with van der Waals surface area (Å²) in [6, 6.07) is 0. The molecule has 6 heteroatoms. The van der Waals surface area contributed by atoms with E-state index in [0.29, 0.717) is 0 Å². The van der Waals surface area contributed by atoms with Crippen LogP contribution in [0, 0.1) is 0 Å². The molecule has 0 heterocycles. The zero-order valence-corrected chi connectivity index (χ0v) is 10.8. The lowest BCUT2D eigenvalue weighted by Gasteiger charge is -2.20. The fourth-order valence-corrected chi connectivity index (χ4v) is 1.64. The van der Waals surface area contributed by atoms with E-state index < -0.39 is 14.3 Å². The van der Waals surface area contributed by atoms with Crippen LogP contribution in [0.4, 0.5) is 0 Å². The molecule has 86 valence electrons. The fraction of sp³-hybridized carbons (Fsp3) is 0.556. The van der Waals surface area contributed by atoms with Gasteiger partial charge in [0, 0.05) is 0 Å². The van der Waals surface area contributed by atoms with E-state index in [1.165, 1.54) is 14.2 Å². The summed E-state index contributed by atoms with van der Waals surface area (Å²) >= 11 is 0. The zero-order chi connectivity index (χ0) is 12.1. The van der Waals surface area contributed by atoms with Gasteiger partial charge in [0.2, 0.25) is 14.0 Å². The van der Waals surface area contributed by atoms with E-state index in [0.717, 1.165) is 0 Å². The van der Waals surface area contributed by atoms with Crippen LogP contribution >= 0.6 is 0 Å². The normalized spacial score (nSPS) is 11.9. The molecule has 0 bridgehead atoms. The molecule has 0 unspecified atom stereocenters. The van der Waals surface area contributed by atoms with Crippen LogP contribution < -0.4 is 0 Å². The van der Waals surface area contributed by atoms with Crippen LogP contribution in [0.5, 0.6) is 0 Å². The Hall–Kier alpha value is -1.30. The number of rotatable bonds is 5.